The number of hydrogen-bond donors (Lipinski definition) is 4. The summed E-state index contributed by atoms with van der Waals surface area (Å²) in [6.45, 7) is -0.0822. The van der Waals surface area contributed by atoms with E-state index < -0.39 is 29.7 Å². The number of imide groups is 2. The maximum atomic E-state index is 11.8. The van der Waals surface area contributed by atoms with E-state index in [1.807, 2.05) is 10.6 Å². The van der Waals surface area contributed by atoms with Gasteiger partial charge in [-0.2, -0.15) is 0 Å². The third kappa shape index (κ3) is 4.49. The number of benzene rings is 1. The van der Waals surface area contributed by atoms with Gasteiger partial charge in [-0.3, -0.25) is 29.8 Å². The number of nitrogens with one attached hydrogen (secondary N) is 4. The molecular weight excluding hydrogens is 368 g/mol. The minimum absolute atomic E-state index is 0.0822. The second-order valence-electron chi connectivity index (χ2n) is 5.60. The normalized spacial score (nSPS) is 13.4. The predicted molar refractivity (Wildman–Crippen MR) is 95.3 cm³/mol. The van der Waals surface area contributed by atoms with Crippen molar-refractivity contribution in [1.82, 2.24) is 16.0 Å². The molecule has 1 saturated heterocycles. The first-order valence-electron chi connectivity index (χ1n) is 8.03. The summed E-state index contributed by atoms with van der Waals surface area (Å²) in [5.41, 5.74) is 0.184. The number of para-hydroxylation sites is 1. The summed E-state index contributed by atoms with van der Waals surface area (Å²) in [4.78, 5) is 58.0. The first kappa shape index (κ1) is 18.6. The van der Waals surface area contributed by atoms with E-state index in [2.05, 4.69) is 10.6 Å². The molecule has 0 aliphatic carbocycles. The first-order chi connectivity index (χ1) is 13.4. The van der Waals surface area contributed by atoms with E-state index >= 15 is 0 Å². The van der Waals surface area contributed by atoms with E-state index in [1.54, 1.807) is 30.3 Å². The van der Waals surface area contributed by atoms with Gasteiger partial charge < -0.3 is 15.1 Å². The number of carbonyl (C=O) groups excluding carboxylic acids is 5. The van der Waals surface area contributed by atoms with Crippen LogP contribution in [0.15, 0.2) is 52.5 Å². The minimum Gasteiger partial charge on any atom is -0.460 e. The molecule has 0 bridgehead atoms. The lowest BCUT2D eigenvalue weighted by atomic mass is 10.1. The molecule has 0 radical (unpaired) electrons. The third-order valence-electron chi connectivity index (χ3n) is 3.57. The third-order valence-corrected chi connectivity index (χ3v) is 3.57. The van der Waals surface area contributed by atoms with Gasteiger partial charge in [0.15, 0.2) is 0 Å². The lowest BCUT2D eigenvalue weighted by Gasteiger charge is -2.13. The number of carbonyl (C=O) groups is 5. The van der Waals surface area contributed by atoms with Crippen LogP contribution in [0.5, 0.6) is 0 Å². The summed E-state index contributed by atoms with van der Waals surface area (Å²) in [6, 6.07) is 10.6. The average molecular weight is 382 g/mol. The molecule has 10 heteroatoms. The Bertz CT molecular complexity index is 971. The highest BCUT2D eigenvalue weighted by Crippen LogP contribution is 2.13. The van der Waals surface area contributed by atoms with Crippen LogP contribution < -0.4 is 21.3 Å². The fraction of sp³-hybridized carbons (Fsp3) is 0.0556. The van der Waals surface area contributed by atoms with Gasteiger partial charge in [-0.05, 0) is 30.3 Å². The van der Waals surface area contributed by atoms with Crippen molar-refractivity contribution in [2.75, 3.05) is 5.32 Å². The van der Waals surface area contributed by atoms with Gasteiger partial charge in [0.1, 0.15) is 17.1 Å². The lowest BCUT2D eigenvalue weighted by molar-refractivity contribution is -0.136. The molecule has 1 aromatic heterocycles. The van der Waals surface area contributed by atoms with Gasteiger partial charge in [0.05, 0.1) is 6.54 Å². The molecule has 0 atom stereocenters. The monoisotopic (exact) mass is 382 g/mol. The van der Waals surface area contributed by atoms with Crippen LogP contribution in [0.2, 0.25) is 0 Å². The molecule has 2 aromatic rings. The van der Waals surface area contributed by atoms with Gasteiger partial charge in [-0.15, -0.1) is 0 Å². The van der Waals surface area contributed by atoms with Crippen molar-refractivity contribution in [3.05, 3.63) is 59.6 Å². The zero-order valence-electron chi connectivity index (χ0n) is 14.3. The molecule has 0 unspecified atom stereocenters. The van der Waals surface area contributed by atoms with E-state index in [4.69, 9.17) is 4.42 Å². The van der Waals surface area contributed by atoms with Crippen LogP contribution in [-0.2, 0) is 25.7 Å². The van der Waals surface area contributed by atoms with Crippen molar-refractivity contribution in [3.8, 4) is 0 Å². The molecule has 1 aliphatic heterocycles. The van der Waals surface area contributed by atoms with Crippen LogP contribution in [0.25, 0.3) is 6.08 Å². The molecule has 0 saturated carbocycles. The average Bonchev–Trinajstić information content (AvgIpc) is 3.11. The lowest BCUT2D eigenvalue weighted by Crippen LogP contribution is -2.51. The van der Waals surface area contributed by atoms with Gasteiger partial charge >= 0.3 is 17.8 Å². The largest absolute Gasteiger partial charge is 0.460 e. The van der Waals surface area contributed by atoms with Crippen LogP contribution in [0.4, 0.5) is 10.5 Å². The SMILES string of the molecule is O=C1NC(=O)C(=Cc2ccc(CNC(=O)C(=O)Nc3ccccc3)o2)C(=O)N1. The van der Waals surface area contributed by atoms with Crippen molar-refractivity contribution in [2.45, 2.75) is 6.54 Å². The van der Waals surface area contributed by atoms with E-state index in [0.717, 1.165) is 6.08 Å². The Balaban J connectivity index is 1.57. The quantitative estimate of drug-likeness (QED) is 0.339. The topological polar surface area (TPSA) is 147 Å². The van der Waals surface area contributed by atoms with E-state index in [1.165, 1.54) is 12.1 Å². The second kappa shape index (κ2) is 7.99. The summed E-state index contributed by atoms with van der Waals surface area (Å²) in [5, 5.41) is 8.71. The maximum absolute atomic E-state index is 11.8. The molecule has 28 heavy (non-hydrogen) atoms. The Morgan fingerprint density at radius 2 is 1.61 bits per heavy atom. The number of furan rings is 1. The Labute approximate surface area is 158 Å². The molecule has 4 N–H and O–H groups in total. The molecule has 10 nitrogen and oxygen atoms in total. The van der Waals surface area contributed by atoms with Crippen LogP contribution in [-0.4, -0.2) is 29.7 Å². The van der Waals surface area contributed by atoms with Gasteiger partial charge in [0.2, 0.25) is 0 Å². The highest BCUT2D eigenvalue weighted by Gasteiger charge is 2.28. The van der Waals surface area contributed by atoms with Crippen molar-refractivity contribution < 1.29 is 28.4 Å². The molecule has 142 valence electrons. The Morgan fingerprint density at radius 1 is 0.929 bits per heavy atom. The molecule has 1 aliphatic rings. The highest BCUT2D eigenvalue weighted by molar-refractivity contribution is 6.39. The number of urea groups is 1. The number of amides is 6. The standard InChI is InChI=1S/C18H14N4O6/c23-14-13(15(24)22-18(27)21-14)8-11-6-7-12(28-11)9-19-16(25)17(26)20-10-4-2-1-3-5-10/h1-8H,9H2,(H,19,25)(H,20,26)(H2,21,22,23,24,27). The molecule has 1 aromatic carbocycles. The summed E-state index contributed by atoms with van der Waals surface area (Å²) in [5.74, 6) is -2.94. The van der Waals surface area contributed by atoms with Gasteiger partial charge in [-0.25, -0.2) is 4.79 Å². The van der Waals surface area contributed by atoms with E-state index in [0.29, 0.717) is 11.4 Å². The fourth-order valence-electron chi connectivity index (χ4n) is 2.27. The molecule has 2 heterocycles. The van der Waals surface area contributed by atoms with Crippen molar-refractivity contribution >= 4 is 41.4 Å². The van der Waals surface area contributed by atoms with Crippen molar-refractivity contribution in [2.24, 2.45) is 0 Å². The maximum Gasteiger partial charge on any atom is 0.328 e. The summed E-state index contributed by atoms with van der Waals surface area (Å²) in [7, 11) is 0. The summed E-state index contributed by atoms with van der Waals surface area (Å²) < 4.78 is 5.39. The van der Waals surface area contributed by atoms with E-state index in [-0.39, 0.29) is 17.9 Å². The fourth-order valence-corrected chi connectivity index (χ4v) is 2.27. The highest BCUT2D eigenvalue weighted by atomic mass is 16.3. The zero-order chi connectivity index (χ0) is 20.1. The van der Waals surface area contributed by atoms with Gasteiger partial charge in [0, 0.05) is 5.69 Å². The van der Waals surface area contributed by atoms with Crippen LogP contribution in [0.3, 0.4) is 0 Å². The Morgan fingerprint density at radius 3 is 2.29 bits per heavy atom. The zero-order valence-corrected chi connectivity index (χ0v) is 14.3. The van der Waals surface area contributed by atoms with Gasteiger partial charge in [-0.1, -0.05) is 18.2 Å². The van der Waals surface area contributed by atoms with Crippen LogP contribution >= 0.6 is 0 Å². The molecule has 1 fully saturated rings. The minimum atomic E-state index is -0.899. The van der Waals surface area contributed by atoms with Crippen molar-refractivity contribution in [1.29, 1.82) is 0 Å². The smallest absolute Gasteiger partial charge is 0.328 e. The predicted octanol–water partition coefficient (Wildman–Crippen LogP) is 0.284. The molecule has 3 rings (SSSR count). The Hall–Kier alpha value is -4.21. The Kier molecular flexibility index (Phi) is 5.30. The summed E-state index contributed by atoms with van der Waals surface area (Å²) >= 11 is 0. The number of barbiturate groups is 1. The number of hydrogen-bond acceptors (Lipinski definition) is 6. The summed E-state index contributed by atoms with van der Waals surface area (Å²) in [6.07, 6.45) is 1.16. The van der Waals surface area contributed by atoms with Crippen LogP contribution in [0.1, 0.15) is 11.5 Å². The second-order valence-corrected chi connectivity index (χ2v) is 5.60. The van der Waals surface area contributed by atoms with Crippen molar-refractivity contribution in [3.63, 3.8) is 0 Å². The van der Waals surface area contributed by atoms with Crippen LogP contribution in [0, 0.1) is 0 Å². The molecule has 0 spiro atoms. The molecule has 6 amide bonds. The molecular formula is C18H14N4O6. The first-order valence-corrected chi connectivity index (χ1v) is 8.03. The van der Waals surface area contributed by atoms with Gasteiger partial charge in [0.25, 0.3) is 11.8 Å². The van der Waals surface area contributed by atoms with E-state index in [9.17, 15) is 24.0 Å². The number of anilines is 1. The number of rotatable bonds is 4.